The van der Waals surface area contributed by atoms with Crippen LogP contribution in [-0.4, -0.2) is 23.6 Å². The summed E-state index contributed by atoms with van der Waals surface area (Å²) in [6, 6.07) is 11.0. The van der Waals surface area contributed by atoms with Crippen LogP contribution in [0.4, 0.5) is 29.2 Å². The summed E-state index contributed by atoms with van der Waals surface area (Å²) in [6.07, 6.45) is -3.07. The van der Waals surface area contributed by atoms with Crippen LogP contribution in [0.25, 0.3) is 22.3 Å². The van der Waals surface area contributed by atoms with Crippen molar-refractivity contribution in [2.75, 3.05) is 10.5 Å². The molecule has 0 atom stereocenters. The number of alkyl halides is 3. The van der Waals surface area contributed by atoms with E-state index in [1.54, 1.807) is 12.1 Å². The van der Waals surface area contributed by atoms with E-state index >= 15 is 4.39 Å². The summed E-state index contributed by atoms with van der Waals surface area (Å²) >= 11 is 7.44. The molecule has 0 aliphatic rings. The normalized spacial score (nSPS) is 11.9. The topological polar surface area (TPSA) is 123 Å². The second-order valence-electron chi connectivity index (χ2n) is 8.28. The van der Waals surface area contributed by atoms with Gasteiger partial charge in [0, 0.05) is 22.6 Å². The minimum atomic E-state index is -4.48. The molecule has 0 aliphatic carbocycles. The molecule has 0 spiro atoms. The fraction of sp³-hybridized carbons (Fsp3) is 0.0400. The molecule has 8 nitrogen and oxygen atoms in total. The van der Waals surface area contributed by atoms with Crippen molar-refractivity contribution in [2.24, 2.45) is 0 Å². The highest BCUT2D eigenvalue weighted by Gasteiger charge is 2.30. The van der Waals surface area contributed by atoms with Crippen LogP contribution < -0.4 is 15.2 Å². The third kappa shape index (κ3) is 5.59. The van der Waals surface area contributed by atoms with Crippen LogP contribution in [0.3, 0.4) is 0 Å². The highest BCUT2D eigenvalue weighted by Crippen LogP contribution is 2.41. The maximum Gasteiger partial charge on any atom is 0.416 e. The average molecular weight is 610 g/mol. The molecule has 0 bridgehead atoms. The molecule has 3 aromatic carbocycles. The van der Waals surface area contributed by atoms with Crippen LogP contribution >= 0.6 is 22.9 Å². The highest BCUT2D eigenvalue weighted by atomic mass is 35.5. The highest BCUT2D eigenvalue weighted by molar-refractivity contribution is 7.92. The van der Waals surface area contributed by atoms with Crippen molar-refractivity contribution in [3.63, 3.8) is 0 Å². The number of aromatic amines is 1. The van der Waals surface area contributed by atoms with Crippen LogP contribution in [0.1, 0.15) is 5.56 Å². The van der Waals surface area contributed by atoms with Gasteiger partial charge in [-0.1, -0.05) is 29.8 Å². The Balaban J connectivity index is 1.51. The molecule has 2 heterocycles. The van der Waals surface area contributed by atoms with E-state index in [1.165, 1.54) is 35.3 Å². The Morgan fingerprint density at radius 2 is 1.73 bits per heavy atom. The fourth-order valence-corrected chi connectivity index (χ4v) is 5.65. The number of sulfonamides is 1. The van der Waals surface area contributed by atoms with Crippen LogP contribution in [0.2, 0.25) is 5.02 Å². The fourth-order valence-electron chi connectivity index (χ4n) is 3.74. The summed E-state index contributed by atoms with van der Waals surface area (Å²) in [5.41, 5.74) is 8.39. The molecule has 0 aliphatic heterocycles. The van der Waals surface area contributed by atoms with Crippen molar-refractivity contribution in [3.8, 4) is 33.8 Å². The predicted molar refractivity (Wildman–Crippen MR) is 143 cm³/mol. The summed E-state index contributed by atoms with van der Waals surface area (Å²) in [7, 11) is -4.34. The predicted octanol–water partition coefficient (Wildman–Crippen LogP) is 7.19. The average Bonchev–Trinajstić information content (AvgIpc) is 3.57. The number of rotatable bonds is 7. The molecule has 15 heteroatoms. The van der Waals surface area contributed by atoms with Gasteiger partial charge in [-0.15, -0.1) is 11.3 Å². The Kier molecular flexibility index (Phi) is 7.16. The van der Waals surface area contributed by atoms with Crippen LogP contribution in [-0.2, 0) is 16.2 Å². The molecule has 0 unspecified atom stereocenters. The van der Waals surface area contributed by atoms with E-state index in [2.05, 4.69) is 19.9 Å². The Bertz CT molecular complexity index is 1790. The number of hydrogen-bond acceptors (Lipinski definition) is 7. The van der Waals surface area contributed by atoms with Gasteiger partial charge in [0.1, 0.15) is 28.0 Å². The third-order valence-electron chi connectivity index (χ3n) is 5.65. The maximum absolute atomic E-state index is 15.0. The second kappa shape index (κ2) is 10.4. The number of hydrogen-bond donors (Lipinski definition) is 3. The van der Waals surface area contributed by atoms with Crippen molar-refractivity contribution in [3.05, 3.63) is 88.1 Å². The summed E-state index contributed by atoms with van der Waals surface area (Å²) in [5.74, 6) is -0.996. The number of nitrogens with zero attached hydrogens (tertiary/aromatic N) is 2. The van der Waals surface area contributed by atoms with Crippen LogP contribution in [0.15, 0.2) is 76.6 Å². The lowest BCUT2D eigenvalue weighted by Crippen LogP contribution is -2.15. The van der Waals surface area contributed by atoms with Crippen LogP contribution in [0, 0.1) is 5.82 Å². The van der Waals surface area contributed by atoms with Crippen molar-refractivity contribution in [2.45, 2.75) is 11.1 Å². The van der Waals surface area contributed by atoms with Gasteiger partial charge >= 0.3 is 6.18 Å². The van der Waals surface area contributed by atoms with Crippen molar-refractivity contribution < 1.29 is 30.7 Å². The first-order valence-corrected chi connectivity index (χ1v) is 13.9. The Labute approximate surface area is 233 Å². The van der Waals surface area contributed by atoms with E-state index in [-0.39, 0.29) is 28.2 Å². The summed E-state index contributed by atoms with van der Waals surface area (Å²) in [4.78, 5) is 3.10. The number of halogens is 5. The van der Waals surface area contributed by atoms with E-state index in [0.717, 1.165) is 35.6 Å². The number of nitrogens with two attached hydrogens (primary N) is 1. The summed E-state index contributed by atoms with van der Waals surface area (Å²) in [6.45, 7) is 0. The SMILES string of the molecule is Nc1[nH]ncc1-c1cc(-c2ccc(C(F)(F)F)cc2)ccc1Oc1cc(F)c(S(=O)(=O)Nc2cscn2)cc1Cl. The molecule has 2 aromatic heterocycles. The molecule has 5 aromatic rings. The van der Waals surface area contributed by atoms with Gasteiger partial charge in [0.15, 0.2) is 5.82 Å². The number of thiazole rings is 1. The van der Waals surface area contributed by atoms with Gasteiger partial charge in [0.25, 0.3) is 10.0 Å². The first-order valence-electron chi connectivity index (χ1n) is 11.1. The minimum absolute atomic E-state index is 0.0244. The van der Waals surface area contributed by atoms with Crippen molar-refractivity contribution in [1.82, 2.24) is 15.2 Å². The molecule has 0 fully saturated rings. The molecular formula is C25H16ClF4N5O3S2. The largest absolute Gasteiger partial charge is 0.455 e. The van der Waals surface area contributed by atoms with Crippen molar-refractivity contribution >= 4 is 44.6 Å². The first-order chi connectivity index (χ1) is 18.9. The first kappa shape index (κ1) is 27.4. The number of H-pyrrole nitrogens is 1. The molecule has 0 saturated carbocycles. The lowest BCUT2D eigenvalue weighted by Gasteiger charge is -2.15. The zero-order chi connectivity index (χ0) is 28.7. The number of nitrogen functional groups attached to an aromatic ring is 1. The minimum Gasteiger partial charge on any atom is -0.455 e. The smallest absolute Gasteiger partial charge is 0.416 e. The van der Waals surface area contributed by atoms with Gasteiger partial charge < -0.3 is 10.5 Å². The van der Waals surface area contributed by atoms with E-state index in [0.29, 0.717) is 22.3 Å². The molecule has 0 amide bonds. The molecule has 0 saturated heterocycles. The van der Waals surface area contributed by atoms with Gasteiger partial charge in [-0.2, -0.15) is 18.3 Å². The third-order valence-corrected chi connectivity index (χ3v) is 7.90. The molecule has 4 N–H and O–H groups in total. The lowest BCUT2D eigenvalue weighted by atomic mass is 9.98. The van der Waals surface area contributed by atoms with Gasteiger partial charge in [-0.3, -0.25) is 9.82 Å². The maximum atomic E-state index is 15.0. The van der Waals surface area contributed by atoms with Gasteiger partial charge in [0.2, 0.25) is 0 Å². The lowest BCUT2D eigenvalue weighted by molar-refractivity contribution is -0.137. The quantitative estimate of drug-likeness (QED) is 0.168. The Hall–Kier alpha value is -4.14. The van der Waals surface area contributed by atoms with Gasteiger partial charge in [0.05, 0.1) is 22.3 Å². The molecular weight excluding hydrogens is 594 g/mol. The van der Waals surface area contributed by atoms with Gasteiger partial charge in [-0.25, -0.2) is 17.8 Å². The monoisotopic (exact) mass is 609 g/mol. The van der Waals surface area contributed by atoms with E-state index < -0.39 is 32.5 Å². The summed E-state index contributed by atoms with van der Waals surface area (Å²) < 4.78 is 87.4. The van der Waals surface area contributed by atoms with E-state index in [9.17, 15) is 21.6 Å². The molecule has 0 radical (unpaired) electrons. The zero-order valence-electron chi connectivity index (χ0n) is 19.8. The van der Waals surface area contributed by atoms with Gasteiger partial charge in [-0.05, 0) is 41.5 Å². The number of aromatic nitrogens is 3. The van der Waals surface area contributed by atoms with Crippen molar-refractivity contribution in [1.29, 1.82) is 0 Å². The molecule has 40 heavy (non-hydrogen) atoms. The number of ether oxygens (including phenoxy) is 1. The van der Waals surface area contributed by atoms with E-state index in [4.69, 9.17) is 22.1 Å². The number of benzene rings is 3. The molecule has 5 rings (SSSR count). The summed E-state index contributed by atoms with van der Waals surface area (Å²) in [5, 5.41) is 7.71. The number of anilines is 2. The van der Waals surface area contributed by atoms with E-state index in [1.807, 2.05) is 0 Å². The second-order valence-corrected chi connectivity index (χ2v) is 11.1. The Morgan fingerprint density at radius 3 is 2.35 bits per heavy atom. The number of nitrogens with one attached hydrogen (secondary N) is 2. The van der Waals surface area contributed by atoms with Crippen LogP contribution in [0.5, 0.6) is 11.5 Å². The Morgan fingerprint density at radius 1 is 1.00 bits per heavy atom. The zero-order valence-corrected chi connectivity index (χ0v) is 22.2. The standard InChI is InChI=1S/C25H16ClF4N5O3S2/c26-18-8-22(40(36,37)35-23-11-39-12-32-23)19(27)9-21(18)38-20-6-3-14(7-16(20)17-10-33-34-24(17)31)13-1-4-15(5-2-13)25(28,29)30/h1-12,35H,(H3,31,33,34). The molecule has 206 valence electrons.